The van der Waals surface area contributed by atoms with Crippen LogP contribution in [0.15, 0.2) is 0 Å². The molecule has 62 valence electrons. The van der Waals surface area contributed by atoms with Gasteiger partial charge in [0.1, 0.15) is 0 Å². The minimum Gasteiger partial charge on any atom is -0.396 e. The van der Waals surface area contributed by atoms with E-state index >= 15 is 0 Å². The van der Waals surface area contributed by atoms with E-state index in [1.165, 1.54) is 0 Å². The van der Waals surface area contributed by atoms with Crippen LogP contribution in [-0.4, -0.2) is 40.0 Å². The maximum atomic E-state index is 8.97. The second-order valence-corrected chi connectivity index (χ2v) is 2.52. The van der Waals surface area contributed by atoms with Crippen molar-refractivity contribution >= 4 is 11.6 Å². The maximum absolute atomic E-state index is 8.97. The summed E-state index contributed by atoms with van der Waals surface area (Å²) < 4.78 is 0. The van der Waals surface area contributed by atoms with Crippen LogP contribution in [-0.2, 0) is 0 Å². The lowest BCUT2D eigenvalue weighted by atomic mass is 10.1. The molecule has 0 aliphatic heterocycles. The smallest absolute Gasteiger partial charge is 0.0700 e. The highest BCUT2D eigenvalue weighted by molar-refractivity contribution is 6.18. The summed E-state index contributed by atoms with van der Waals surface area (Å²) in [5.74, 6) is 0.127. The number of halogens is 1. The zero-order valence-corrected chi connectivity index (χ0v) is 6.46. The van der Waals surface area contributed by atoms with E-state index in [1.54, 1.807) is 0 Å². The van der Waals surface area contributed by atoms with Crippen LogP contribution in [0, 0.1) is 0 Å². The fourth-order valence-electron chi connectivity index (χ4n) is 0.644. The maximum Gasteiger partial charge on any atom is 0.0700 e. The van der Waals surface area contributed by atoms with E-state index in [-0.39, 0.29) is 18.9 Å². The third-order valence-corrected chi connectivity index (χ3v) is 1.54. The van der Waals surface area contributed by atoms with Crippen LogP contribution in [0.5, 0.6) is 0 Å². The van der Waals surface area contributed by atoms with Gasteiger partial charge in [0.25, 0.3) is 0 Å². The third kappa shape index (κ3) is 4.99. The van der Waals surface area contributed by atoms with Gasteiger partial charge >= 0.3 is 0 Å². The molecule has 0 aromatic heterocycles. The summed E-state index contributed by atoms with van der Waals surface area (Å²) in [7, 11) is 0. The molecule has 0 amide bonds. The van der Waals surface area contributed by atoms with Crippen molar-refractivity contribution in [3.63, 3.8) is 0 Å². The molecule has 0 rings (SSSR count). The Balaban J connectivity index is 3.27. The number of aliphatic hydroxyl groups excluding tert-OH is 3. The fraction of sp³-hybridized carbons (Fsp3) is 1.00. The van der Waals surface area contributed by atoms with Crippen molar-refractivity contribution in [1.29, 1.82) is 0 Å². The highest BCUT2D eigenvalue weighted by atomic mass is 35.5. The Labute approximate surface area is 65.2 Å². The zero-order valence-electron chi connectivity index (χ0n) is 5.70. The summed E-state index contributed by atoms with van der Waals surface area (Å²) in [6.07, 6.45) is -0.764. The standard InChI is InChI=1S/C6H13ClO3/c7-4-6(10)3-5(9)1-2-8/h5-6,8-10H,1-4H2/t5-,6-/m1/s1. The minimum absolute atomic E-state index is 0.0594. The minimum atomic E-state index is -0.664. The van der Waals surface area contributed by atoms with E-state index < -0.39 is 12.2 Å². The Morgan fingerprint density at radius 2 is 1.80 bits per heavy atom. The summed E-state index contributed by atoms with van der Waals surface area (Å²) in [5, 5.41) is 26.2. The van der Waals surface area contributed by atoms with Gasteiger partial charge in [-0.15, -0.1) is 11.6 Å². The molecule has 0 unspecified atom stereocenters. The van der Waals surface area contributed by atoms with Gasteiger partial charge in [0.15, 0.2) is 0 Å². The summed E-state index contributed by atoms with van der Waals surface area (Å²) in [4.78, 5) is 0. The number of rotatable bonds is 5. The monoisotopic (exact) mass is 168 g/mol. The molecule has 3 N–H and O–H groups in total. The number of hydrogen-bond donors (Lipinski definition) is 3. The predicted octanol–water partition coefficient (Wildman–Crippen LogP) is -0.281. The number of hydrogen-bond acceptors (Lipinski definition) is 3. The molecule has 10 heavy (non-hydrogen) atoms. The zero-order chi connectivity index (χ0) is 7.98. The molecule has 0 spiro atoms. The SMILES string of the molecule is OCC[C@@H](O)C[C@@H](O)CCl. The van der Waals surface area contributed by atoms with Crippen molar-refractivity contribution in [3.05, 3.63) is 0 Å². The van der Waals surface area contributed by atoms with Gasteiger partial charge < -0.3 is 15.3 Å². The van der Waals surface area contributed by atoms with Crippen molar-refractivity contribution in [2.45, 2.75) is 25.0 Å². The van der Waals surface area contributed by atoms with Crippen LogP contribution in [0.1, 0.15) is 12.8 Å². The van der Waals surface area contributed by atoms with E-state index in [2.05, 4.69) is 0 Å². The van der Waals surface area contributed by atoms with Crippen molar-refractivity contribution < 1.29 is 15.3 Å². The highest BCUT2D eigenvalue weighted by Crippen LogP contribution is 2.02. The third-order valence-electron chi connectivity index (χ3n) is 1.18. The molecule has 0 aromatic rings. The van der Waals surface area contributed by atoms with Gasteiger partial charge in [-0.05, 0) is 6.42 Å². The molecular formula is C6H13ClO3. The molecule has 0 bridgehead atoms. The summed E-state index contributed by atoms with van der Waals surface area (Å²) in [5.41, 5.74) is 0. The lowest BCUT2D eigenvalue weighted by Gasteiger charge is -2.11. The van der Waals surface area contributed by atoms with Crippen LogP contribution in [0.2, 0.25) is 0 Å². The second-order valence-electron chi connectivity index (χ2n) is 2.21. The first kappa shape index (κ1) is 10.2. The molecule has 0 aliphatic carbocycles. The van der Waals surface area contributed by atoms with Crippen LogP contribution >= 0.6 is 11.6 Å². The molecule has 0 saturated carbocycles. The molecule has 4 heteroatoms. The molecule has 3 nitrogen and oxygen atoms in total. The van der Waals surface area contributed by atoms with Crippen LogP contribution in [0.25, 0.3) is 0 Å². The quantitative estimate of drug-likeness (QED) is 0.495. The van der Waals surface area contributed by atoms with Gasteiger partial charge in [-0.2, -0.15) is 0 Å². The van der Waals surface area contributed by atoms with Gasteiger partial charge in [-0.3, -0.25) is 0 Å². The number of alkyl halides is 1. The normalized spacial score (nSPS) is 16.8. The topological polar surface area (TPSA) is 60.7 Å². The van der Waals surface area contributed by atoms with Crippen molar-refractivity contribution in [2.75, 3.05) is 12.5 Å². The van der Waals surface area contributed by atoms with Gasteiger partial charge in [0, 0.05) is 18.9 Å². The van der Waals surface area contributed by atoms with E-state index in [0.29, 0.717) is 6.42 Å². The molecule has 0 aromatic carbocycles. The molecule has 2 atom stereocenters. The Kier molecular flexibility index (Phi) is 6.02. The molecule has 0 radical (unpaired) electrons. The van der Waals surface area contributed by atoms with Crippen LogP contribution in [0.3, 0.4) is 0 Å². The fourth-order valence-corrected chi connectivity index (χ4v) is 0.770. The lowest BCUT2D eigenvalue weighted by Crippen LogP contribution is -2.19. The summed E-state index contributed by atoms with van der Waals surface area (Å²) >= 11 is 5.27. The lowest BCUT2D eigenvalue weighted by molar-refractivity contribution is 0.0735. The largest absolute Gasteiger partial charge is 0.396 e. The predicted molar refractivity (Wildman–Crippen MR) is 39.1 cm³/mol. The first-order valence-corrected chi connectivity index (χ1v) is 3.77. The van der Waals surface area contributed by atoms with E-state index in [0.717, 1.165) is 0 Å². The van der Waals surface area contributed by atoms with Crippen molar-refractivity contribution in [2.24, 2.45) is 0 Å². The molecule has 0 aliphatic rings. The first-order chi connectivity index (χ1) is 4.70. The van der Waals surface area contributed by atoms with Gasteiger partial charge in [0.2, 0.25) is 0 Å². The Morgan fingerprint density at radius 3 is 2.20 bits per heavy atom. The average molecular weight is 169 g/mol. The molecular weight excluding hydrogens is 156 g/mol. The van der Waals surface area contributed by atoms with Gasteiger partial charge in [-0.25, -0.2) is 0 Å². The second kappa shape index (κ2) is 5.92. The van der Waals surface area contributed by atoms with E-state index in [9.17, 15) is 0 Å². The molecule has 0 fully saturated rings. The van der Waals surface area contributed by atoms with Crippen LogP contribution in [0.4, 0.5) is 0 Å². The molecule has 0 saturated heterocycles. The summed E-state index contributed by atoms with van der Waals surface area (Å²) in [6.45, 7) is -0.0594. The van der Waals surface area contributed by atoms with Gasteiger partial charge in [0.05, 0.1) is 12.2 Å². The summed E-state index contributed by atoms with van der Waals surface area (Å²) in [6, 6.07) is 0. The van der Waals surface area contributed by atoms with Crippen molar-refractivity contribution in [3.8, 4) is 0 Å². The first-order valence-electron chi connectivity index (χ1n) is 3.23. The van der Waals surface area contributed by atoms with Crippen molar-refractivity contribution in [1.82, 2.24) is 0 Å². The number of aliphatic hydroxyl groups is 3. The Bertz CT molecular complexity index is 79.4. The Morgan fingerprint density at radius 1 is 1.20 bits per heavy atom. The van der Waals surface area contributed by atoms with Gasteiger partial charge in [-0.1, -0.05) is 0 Å². The highest BCUT2D eigenvalue weighted by Gasteiger charge is 2.09. The average Bonchev–Trinajstić information content (AvgIpc) is 1.88. The van der Waals surface area contributed by atoms with E-state index in [1.807, 2.05) is 0 Å². The van der Waals surface area contributed by atoms with E-state index in [4.69, 9.17) is 26.9 Å². The Hall–Kier alpha value is 0.170. The van der Waals surface area contributed by atoms with Crippen LogP contribution < -0.4 is 0 Å². The molecule has 0 heterocycles.